The number of methoxy groups -OCH3 is 3. The molecule has 0 radical (unpaired) electrons. The minimum atomic E-state index is -0.976. The molecule has 0 spiro atoms. The number of nitriles is 1. The maximum absolute atomic E-state index is 13.2. The van der Waals surface area contributed by atoms with Crippen molar-refractivity contribution in [3.8, 4) is 11.8 Å². The van der Waals surface area contributed by atoms with E-state index in [9.17, 15) is 19.6 Å². The number of anilines is 2. The fourth-order valence-electron chi connectivity index (χ4n) is 3.98. The van der Waals surface area contributed by atoms with Crippen LogP contribution in [0.2, 0.25) is 0 Å². The van der Waals surface area contributed by atoms with E-state index < -0.39 is 17.9 Å². The maximum Gasteiger partial charge on any atom is 0.355 e. The molecule has 0 fully saturated rings. The molecule has 3 rings (SSSR count). The number of allylic oxidation sites excluding steroid dienone is 1. The topological polar surface area (TPSA) is 144 Å². The molecule has 192 valence electrons. The minimum absolute atomic E-state index is 0.0374. The number of benzene rings is 2. The van der Waals surface area contributed by atoms with Crippen molar-refractivity contribution in [2.75, 3.05) is 31.5 Å². The number of amides is 1. The molecule has 1 atom stereocenters. The van der Waals surface area contributed by atoms with Crippen LogP contribution in [0, 0.1) is 17.2 Å². The summed E-state index contributed by atoms with van der Waals surface area (Å²) in [6.45, 7) is 3.51. The highest BCUT2D eigenvalue weighted by Gasteiger charge is 2.43. The molecule has 1 amide bonds. The van der Waals surface area contributed by atoms with E-state index in [1.807, 2.05) is 0 Å². The molecule has 0 aromatic heterocycles. The summed E-state index contributed by atoms with van der Waals surface area (Å²) in [5.74, 6) is -2.96. The van der Waals surface area contributed by atoms with Crippen LogP contribution < -0.4 is 20.7 Å². The summed E-state index contributed by atoms with van der Waals surface area (Å²) in [4.78, 5) is 39.8. The molecule has 3 N–H and O–H groups in total. The number of nitrogens with two attached hydrogens (primary N) is 1. The first kappa shape index (κ1) is 26.8. The quantitative estimate of drug-likeness (QED) is 0.543. The number of hydrogen-bond donors (Lipinski definition) is 2. The molecule has 10 heteroatoms. The fourth-order valence-corrected chi connectivity index (χ4v) is 3.98. The van der Waals surface area contributed by atoms with E-state index in [4.69, 9.17) is 19.9 Å². The van der Waals surface area contributed by atoms with Crippen molar-refractivity contribution in [1.82, 2.24) is 0 Å². The highest BCUT2D eigenvalue weighted by atomic mass is 16.5. The van der Waals surface area contributed by atoms with Crippen molar-refractivity contribution >= 4 is 29.2 Å². The van der Waals surface area contributed by atoms with Crippen LogP contribution in [0.4, 0.5) is 11.4 Å². The SMILES string of the molecule is COC(=O)C1=C(C(=O)OC)N(c2ccc(NC(=O)C(C)C)c(OC)c2)C(N)=C(C#N)C1c1ccccc1. The Bertz CT molecular complexity index is 1320. The lowest BCUT2D eigenvalue weighted by molar-refractivity contribution is -0.139. The van der Waals surface area contributed by atoms with Gasteiger partial charge in [-0.2, -0.15) is 5.26 Å². The van der Waals surface area contributed by atoms with Crippen LogP contribution in [-0.4, -0.2) is 39.2 Å². The molecule has 0 bridgehead atoms. The van der Waals surface area contributed by atoms with E-state index in [1.165, 1.54) is 32.3 Å². The number of esters is 2. The number of ether oxygens (including phenoxy) is 3. The van der Waals surface area contributed by atoms with Gasteiger partial charge in [0.15, 0.2) is 0 Å². The Labute approximate surface area is 214 Å². The Morgan fingerprint density at radius 1 is 1.03 bits per heavy atom. The van der Waals surface area contributed by atoms with Crippen LogP contribution in [0.1, 0.15) is 25.3 Å². The maximum atomic E-state index is 13.2. The molecule has 10 nitrogen and oxygen atoms in total. The monoisotopic (exact) mass is 504 g/mol. The van der Waals surface area contributed by atoms with Gasteiger partial charge in [-0.15, -0.1) is 0 Å². The molecule has 0 saturated carbocycles. The van der Waals surface area contributed by atoms with Crippen LogP contribution in [0.15, 0.2) is 71.2 Å². The summed E-state index contributed by atoms with van der Waals surface area (Å²) in [7, 11) is 3.77. The van der Waals surface area contributed by atoms with Gasteiger partial charge in [-0.1, -0.05) is 44.2 Å². The third kappa shape index (κ3) is 5.11. The van der Waals surface area contributed by atoms with E-state index in [0.717, 1.165) is 0 Å². The predicted octanol–water partition coefficient (Wildman–Crippen LogP) is 3.19. The highest BCUT2D eigenvalue weighted by Crippen LogP contribution is 2.44. The van der Waals surface area contributed by atoms with Gasteiger partial charge >= 0.3 is 11.9 Å². The molecule has 1 aliphatic rings. The van der Waals surface area contributed by atoms with Gasteiger partial charge in [0.25, 0.3) is 0 Å². The first-order chi connectivity index (χ1) is 17.7. The number of nitrogens with zero attached hydrogens (tertiary/aromatic N) is 2. The van der Waals surface area contributed by atoms with Crippen molar-refractivity contribution in [3.05, 3.63) is 76.8 Å². The Hall–Kier alpha value is -4.78. The van der Waals surface area contributed by atoms with Crippen LogP contribution in [-0.2, 0) is 23.9 Å². The van der Waals surface area contributed by atoms with Crippen LogP contribution in [0.25, 0.3) is 0 Å². The van der Waals surface area contributed by atoms with E-state index >= 15 is 0 Å². The van der Waals surface area contributed by atoms with Crippen molar-refractivity contribution in [2.45, 2.75) is 19.8 Å². The predicted molar refractivity (Wildman–Crippen MR) is 136 cm³/mol. The van der Waals surface area contributed by atoms with E-state index in [0.29, 0.717) is 11.3 Å². The number of nitrogens with one attached hydrogen (secondary N) is 1. The van der Waals surface area contributed by atoms with Crippen LogP contribution >= 0.6 is 0 Å². The van der Waals surface area contributed by atoms with Gasteiger partial charge in [0.2, 0.25) is 5.91 Å². The molecule has 2 aromatic carbocycles. The van der Waals surface area contributed by atoms with Crippen molar-refractivity contribution < 1.29 is 28.6 Å². The van der Waals surface area contributed by atoms with Gasteiger partial charge in [0.1, 0.15) is 17.3 Å². The molecular weight excluding hydrogens is 476 g/mol. The second-order valence-corrected chi connectivity index (χ2v) is 8.36. The van der Waals surface area contributed by atoms with Gasteiger partial charge in [0, 0.05) is 12.0 Å². The normalized spacial score (nSPS) is 15.3. The molecule has 1 heterocycles. The van der Waals surface area contributed by atoms with Crippen LogP contribution in [0.3, 0.4) is 0 Å². The average Bonchev–Trinajstić information content (AvgIpc) is 2.92. The Balaban J connectivity index is 2.32. The van der Waals surface area contributed by atoms with Gasteiger partial charge in [-0.05, 0) is 17.7 Å². The molecule has 0 saturated heterocycles. The summed E-state index contributed by atoms with van der Waals surface area (Å²) in [6.07, 6.45) is 0. The van der Waals surface area contributed by atoms with Crippen LogP contribution in [0.5, 0.6) is 5.75 Å². The Morgan fingerprint density at radius 3 is 2.22 bits per heavy atom. The summed E-state index contributed by atoms with van der Waals surface area (Å²) in [5, 5.41) is 12.9. The molecular formula is C27H28N4O6. The van der Waals surface area contributed by atoms with Gasteiger partial charge < -0.3 is 25.3 Å². The van der Waals surface area contributed by atoms with Gasteiger partial charge in [-0.25, -0.2) is 9.59 Å². The number of rotatable bonds is 7. The molecule has 0 aliphatic carbocycles. The summed E-state index contributed by atoms with van der Waals surface area (Å²) < 4.78 is 15.5. The van der Waals surface area contributed by atoms with Gasteiger partial charge in [0.05, 0.1) is 55.8 Å². The second kappa shape index (κ2) is 11.3. The largest absolute Gasteiger partial charge is 0.494 e. The second-order valence-electron chi connectivity index (χ2n) is 8.36. The molecule has 1 unspecified atom stereocenters. The molecule has 2 aromatic rings. The van der Waals surface area contributed by atoms with Crippen molar-refractivity contribution in [1.29, 1.82) is 5.26 Å². The van der Waals surface area contributed by atoms with Gasteiger partial charge in [-0.3, -0.25) is 9.69 Å². The summed E-state index contributed by atoms with van der Waals surface area (Å²) in [5.41, 5.74) is 7.47. The summed E-state index contributed by atoms with van der Waals surface area (Å²) in [6, 6.07) is 15.5. The third-order valence-corrected chi connectivity index (χ3v) is 5.84. The minimum Gasteiger partial charge on any atom is -0.494 e. The third-order valence-electron chi connectivity index (χ3n) is 5.84. The number of carbonyl (C=O) groups excluding carboxylic acids is 3. The lowest BCUT2D eigenvalue weighted by atomic mass is 9.81. The summed E-state index contributed by atoms with van der Waals surface area (Å²) >= 11 is 0. The lowest BCUT2D eigenvalue weighted by Gasteiger charge is -2.36. The van der Waals surface area contributed by atoms with E-state index in [2.05, 4.69) is 11.4 Å². The number of hydrogen-bond acceptors (Lipinski definition) is 9. The standard InChI is InChI=1S/C27H28N4O6/c1-15(2)25(32)30-19-12-11-17(13-20(19)35-3)31-23(27(34)37-5)22(26(33)36-4)21(18(14-28)24(31)29)16-9-7-6-8-10-16/h6-13,15,21H,29H2,1-5H3,(H,30,32). The highest BCUT2D eigenvalue weighted by molar-refractivity contribution is 6.06. The van der Waals surface area contributed by atoms with Crippen molar-refractivity contribution in [3.63, 3.8) is 0 Å². The average molecular weight is 505 g/mol. The van der Waals surface area contributed by atoms with E-state index in [-0.39, 0.29) is 45.9 Å². The van der Waals surface area contributed by atoms with Crippen molar-refractivity contribution in [2.24, 2.45) is 11.7 Å². The zero-order chi connectivity index (χ0) is 27.3. The Kier molecular flexibility index (Phi) is 8.19. The smallest absolute Gasteiger partial charge is 0.355 e. The first-order valence-electron chi connectivity index (χ1n) is 11.3. The first-order valence-corrected chi connectivity index (χ1v) is 11.3. The molecule has 1 aliphatic heterocycles. The number of carbonyl (C=O) groups is 3. The zero-order valence-corrected chi connectivity index (χ0v) is 21.2. The fraction of sp³-hybridized carbons (Fsp3) is 0.259. The Morgan fingerprint density at radius 2 is 1.68 bits per heavy atom. The zero-order valence-electron chi connectivity index (χ0n) is 21.2. The van der Waals surface area contributed by atoms with E-state index in [1.54, 1.807) is 56.3 Å². The lowest BCUT2D eigenvalue weighted by Crippen LogP contribution is -2.40. The molecule has 37 heavy (non-hydrogen) atoms.